The standard InChI is InChI=1S/C20H21N3O4S/c1-2-3-7-18-22-23-20(28-18)21-17(24)11-26-12-8-9-14-13-5-4-6-15(13)19(25)27-16(14)10-12/h8-10H,2-7,11H2,1H3,(H,21,23,24). The number of aromatic nitrogens is 2. The number of unbranched alkanes of at least 4 members (excludes halogenated alkanes) is 1. The van der Waals surface area contributed by atoms with Crippen molar-refractivity contribution >= 4 is 33.3 Å². The van der Waals surface area contributed by atoms with Crippen molar-refractivity contribution in [3.63, 3.8) is 0 Å². The highest BCUT2D eigenvalue weighted by Crippen LogP contribution is 2.29. The highest BCUT2D eigenvalue weighted by molar-refractivity contribution is 7.15. The van der Waals surface area contributed by atoms with Gasteiger partial charge in [-0.3, -0.25) is 10.1 Å². The van der Waals surface area contributed by atoms with Crippen LogP contribution in [0, 0.1) is 0 Å². The van der Waals surface area contributed by atoms with Crippen molar-refractivity contribution in [2.75, 3.05) is 11.9 Å². The fraction of sp³-hybridized carbons (Fsp3) is 0.400. The minimum absolute atomic E-state index is 0.162. The molecule has 1 aliphatic rings. The fourth-order valence-electron chi connectivity index (χ4n) is 3.39. The van der Waals surface area contributed by atoms with Crippen molar-refractivity contribution in [3.05, 3.63) is 44.8 Å². The Kier molecular flexibility index (Phi) is 5.38. The third kappa shape index (κ3) is 3.91. The second kappa shape index (κ2) is 8.10. The quantitative estimate of drug-likeness (QED) is 0.611. The Morgan fingerprint density at radius 2 is 2.14 bits per heavy atom. The maximum atomic E-state index is 12.1. The number of benzene rings is 1. The van der Waals surface area contributed by atoms with E-state index in [0.29, 0.717) is 16.5 Å². The molecular formula is C20H21N3O4S. The van der Waals surface area contributed by atoms with Gasteiger partial charge in [-0.05, 0) is 43.4 Å². The SMILES string of the molecule is CCCCc1nnc(NC(=O)COc2ccc3c4c(c(=O)oc3c2)CCC4)s1. The average Bonchev–Trinajstić information content (AvgIpc) is 3.34. The number of fused-ring (bicyclic) bond motifs is 3. The molecule has 1 amide bonds. The molecule has 0 radical (unpaired) electrons. The van der Waals surface area contributed by atoms with Crippen LogP contribution < -0.4 is 15.7 Å². The summed E-state index contributed by atoms with van der Waals surface area (Å²) in [5, 5.41) is 13.1. The van der Waals surface area contributed by atoms with E-state index in [9.17, 15) is 9.59 Å². The van der Waals surface area contributed by atoms with Gasteiger partial charge in [0.25, 0.3) is 5.91 Å². The van der Waals surface area contributed by atoms with E-state index in [1.54, 1.807) is 12.1 Å². The number of ether oxygens (including phenoxy) is 1. The molecule has 2 heterocycles. The summed E-state index contributed by atoms with van der Waals surface area (Å²) in [6, 6.07) is 5.35. The first-order valence-corrected chi connectivity index (χ1v) is 10.3. The molecule has 0 bridgehead atoms. The summed E-state index contributed by atoms with van der Waals surface area (Å²) in [5.41, 5.74) is 2.08. The molecule has 0 fully saturated rings. The van der Waals surface area contributed by atoms with Gasteiger partial charge in [-0.25, -0.2) is 4.79 Å². The van der Waals surface area contributed by atoms with Crippen molar-refractivity contribution in [1.82, 2.24) is 10.2 Å². The van der Waals surface area contributed by atoms with E-state index < -0.39 is 0 Å². The van der Waals surface area contributed by atoms with Crippen LogP contribution in [0.5, 0.6) is 5.75 Å². The second-order valence-electron chi connectivity index (χ2n) is 6.80. The van der Waals surface area contributed by atoms with E-state index in [1.165, 1.54) is 11.3 Å². The van der Waals surface area contributed by atoms with Gasteiger partial charge in [0, 0.05) is 23.4 Å². The normalized spacial score (nSPS) is 12.9. The van der Waals surface area contributed by atoms with Crippen LogP contribution in [0.1, 0.15) is 42.3 Å². The first-order valence-electron chi connectivity index (χ1n) is 9.47. The van der Waals surface area contributed by atoms with E-state index in [4.69, 9.17) is 9.15 Å². The van der Waals surface area contributed by atoms with E-state index in [0.717, 1.165) is 60.0 Å². The molecule has 0 aliphatic heterocycles. The van der Waals surface area contributed by atoms with E-state index in [2.05, 4.69) is 22.4 Å². The number of carbonyl (C=O) groups excluding carboxylic acids is 1. The van der Waals surface area contributed by atoms with Crippen molar-refractivity contribution in [3.8, 4) is 5.75 Å². The van der Waals surface area contributed by atoms with Crippen LogP contribution >= 0.6 is 11.3 Å². The van der Waals surface area contributed by atoms with Gasteiger partial charge in [0.1, 0.15) is 16.3 Å². The Morgan fingerprint density at radius 3 is 3.00 bits per heavy atom. The molecule has 4 rings (SSSR count). The zero-order valence-electron chi connectivity index (χ0n) is 15.6. The highest BCUT2D eigenvalue weighted by atomic mass is 32.1. The number of hydrogen-bond acceptors (Lipinski definition) is 7. The summed E-state index contributed by atoms with van der Waals surface area (Å²) in [5.74, 6) is 0.165. The third-order valence-electron chi connectivity index (χ3n) is 4.77. The maximum absolute atomic E-state index is 12.1. The molecule has 0 atom stereocenters. The van der Waals surface area contributed by atoms with Gasteiger partial charge in [0.15, 0.2) is 6.61 Å². The zero-order chi connectivity index (χ0) is 19.5. The van der Waals surface area contributed by atoms with Crippen LogP contribution in [-0.2, 0) is 24.1 Å². The van der Waals surface area contributed by atoms with Crippen LogP contribution in [0.15, 0.2) is 27.4 Å². The molecule has 0 saturated heterocycles. The molecule has 8 heteroatoms. The van der Waals surface area contributed by atoms with E-state index in [-0.39, 0.29) is 18.1 Å². The predicted molar refractivity (Wildman–Crippen MR) is 107 cm³/mol. The number of aryl methyl sites for hydroxylation is 2. The minimum Gasteiger partial charge on any atom is -0.484 e. The Bertz CT molecular complexity index is 1070. The van der Waals surface area contributed by atoms with Gasteiger partial charge in [0.05, 0.1) is 0 Å². The molecule has 0 unspecified atom stereocenters. The van der Waals surface area contributed by atoms with Crippen LogP contribution in [0.4, 0.5) is 5.13 Å². The summed E-state index contributed by atoms with van der Waals surface area (Å²) in [4.78, 5) is 24.2. The van der Waals surface area contributed by atoms with Gasteiger partial charge in [-0.2, -0.15) is 0 Å². The molecule has 2 aromatic heterocycles. The largest absolute Gasteiger partial charge is 0.484 e. The Balaban J connectivity index is 1.40. The molecule has 1 aromatic carbocycles. The lowest BCUT2D eigenvalue weighted by Crippen LogP contribution is -2.20. The average molecular weight is 399 g/mol. The molecule has 0 spiro atoms. The van der Waals surface area contributed by atoms with Crippen molar-refractivity contribution in [2.45, 2.75) is 45.4 Å². The molecule has 1 aliphatic carbocycles. The van der Waals surface area contributed by atoms with Crippen LogP contribution in [0.25, 0.3) is 11.0 Å². The highest BCUT2D eigenvalue weighted by Gasteiger charge is 2.19. The number of nitrogens with one attached hydrogen (secondary N) is 1. The Hall–Kier alpha value is -2.74. The number of rotatable bonds is 7. The van der Waals surface area contributed by atoms with Gasteiger partial charge >= 0.3 is 5.63 Å². The maximum Gasteiger partial charge on any atom is 0.339 e. The van der Waals surface area contributed by atoms with Crippen LogP contribution in [0.3, 0.4) is 0 Å². The minimum atomic E-state index is -0.311. The number of hydrogen-bond donors (Lipinski definition) is 1. The second-order valence-corrected chi connectivity index (χ2v) is 7.86. The number of amides is 1. The molecule has 7 nitrogen and oxygen atoms in total. The fourth-order valence-corrected chi connectivity index (χ4v) is 4.19. The number of nitrogens with zero attached hydrogens (tertiary/aromatic N) is 2. The summed E-state index contributed by atoms with van der Waals surface area (Å²) < 4.78 is 11.0. The van der Waals surface area contributed by atoms with E-state index >= 15 is 0 Å². The number of anilines is 1. The summed E-state index contributed by atoms with van der Waals surface area (Å²) >= 11 is 1.38. The predicted octanol–water partition coefficient (Wildman–Crippen LogP) is 3.49. The van der Waals surface area contributed by atoms with Gasteiger partial charge in [0.2, 0.25) is 5.13 Å². The number of carbonyl (C=O) groups is 1. The summed E-state index contributed by atoms with van der Waals surface area (Å²) in [7, 11) is 0. The first kappa shape index (κ1) is 18.6. The molecule has 3 aromatic rings. The lowest BCUT2D eigenvalue weighted by molar-refractivity contribution is -0.118. The third-order valence-corrected chi connectivity index (χ3v) is 5.67. The molecule has 1 N–H and O–H groups in total. The van der Waals surface area contributed by atoms with Crippen molar-refractivity contribution < 1.29 is 13.9 Å². The topological polar surface area (TPSA) is 94.3 Å². The first-order chi connectivity index (χ1) is 13.6. The van der Waals surface area contributed by atoms with Crippen molar-refractivity contribution in [1.29, 1.82) is 0 Å². The lowest BCUT2D eigenvalue weighted by atomic mass is 10.1. The van der Waals surface area contributed by atoms with Crippen LogP contribution in [-0.4, -0.2) is 22.7 Å². The van der Waals surface area contributed by atoms with Gasteiger partial charge in [-0.15, -0.1) is 10.2 Å². The van der Waals surface area contributed by atoms with E-state index in [1.807, 2.05) is 6.07 Å². The molecule has 0 saturated carbocycles. The van der Waals surface area contributed by atoms with Crippen molar-refractivity contribution in [2.24, 2.45) is 0 Å². The summed E-state index contributed by atoms with van der Waals surface area (Å²) in [6.07, 6.45) is 5.65. The monoisotopic (exact) mass is 399 g/mol. The molecule has 146 valence electrons. The van der Waals surface area contributed by atoms with Crippen LogP contribution in [0.2, 0.25) is 0 Å². The molecular weight excluding hydrogens is 378 g/mol. The Morgan fingerprint density at radius 1 is 1.29 bits per heavy atom. The van der Waals surface area contributed by atoms with Gasteiger partial charge in [-0.1, -0.05) is 24.7 Å². The smallest absolute Gasteiger partial charge is 0.339 e. The summed E-state index contributed by atoms with van der Waals surface area (Å²) in [6.45, 7) is 1.96. The zero-order valence-corrected chi connectivity index (χ0v) is 16.4. The lowest BCUT2D eigenvalue weighted by Gasteiger charge is -2.08. The van der Waals surface area contributed by atoms with Gasteiger partial charge < -0.3 is 9.15 Å². The molecule has 28 heavy (non-hydrogen) atoms. The Labute approximate surface area is 165 Å².